The topological polar surface area (TPSA) is 83.5 Å². The van der Waals surface area contributed by atoms with Crippen LogP contribution in [0.2, 0.25) is 5.02 Å². The van der Waals surface area contributed by atoms with Gasteiger partial charge in [0.2, 0.25) is 10.0 Å². The van der Waals surface area contributed by atoms with E-state index in [-0.39, 0.29) is 21.4 Å². The lowest BCUT2D eigenvalue weighted by molar-refractivity contribution is 0.0697. The van der Waals surface area contributed by atoms with Crippen molar-refractivity contribution in [3.8, 4) is 0 Å². The second-order valence-electron chi connectivity index (χ2n) is 5.02. The van der Waals surface area contributed by atoms with Crippen molar-refractivity contribution in [2.45, 2.75) is 25.7 Å². The first-order valence-electron chi connectivity index (χ1n) is 6.17. The van der Waals surface area contributed by atoms with E-state index in [1.807, 2.05) is 20.8 Å². The number of sulfonamides is 1. The lowest BCUT2D eigenvalue weighted by atomic mass is 9.99. The molecule has 0 spiro atoms. The van der Waals surface area contributed by atoms with Crippen molar-refractivity contribution in [1.82, 2.24) is 4.72 Å². The zero-order chi connectivity index (χ0) is 15.5. The molecule has 1 atom stereocenters. The predicted molar refractivity (Wildman–Crippen MR) is 77.6 cm³/mol. The Labute approximate surface area is 124 Å². The summed E-state index contributed by atoms with van der Waals surface area (Å²) in [5.74, 6) is -0.644. The van der Waals surface area contributed by atoms with Crippen molar-refractivity contribution < 1.29 is 18.3 Å². The van der Waals surface area contributed by atoms with Crippen LogP contribution in [0.15, 0.2) is 23.1 Å². The summed E-state index contributed by atoms with van der Waals surface area (Å²) in [5.41, 5.74) is -0.124. The van der Waals surface area contributed by atoms with Gasteiger partial charge in [-0.2, -0.15) is 0 Å². The molecule has 112 valence electrons. The van der Waals surface area contributed by atoms with E-state index in [0.717, 1.165) is 6.07 Å². The highest BCUT2D eigenvalue weighted by atomic mass is 35.5. The highest BCUT2D eigenvalue weighted by Crippen LogP contribution is 2.21. The van der Waals surface area contributed by atoms with Gasteiger partial charge in [0, 0.05) is 6.54 Å². The van der Waals surface area contributed by atoms with Gasteiger partial charge >= 0.3 is 5.97 Å². The Hall–Kier alpha value is -1.11. The maximum Gasteiger partial charge on any atom is 0.337 e. The largest absolute Gasteiger partial charge is 0.478 e. The molecule has 0 bridgehead atoms. The maximum absolute atomic E-state index is 12.1. The first-order valence-corrected chi connectivity index (χ1v) is 8.03. The summed E-state index contributed by atoms with van der Waals surface area (Å²) in [5, 5.41) is 8.75. The van der Waals surface area contributed by atoms with Crippen LogP contribution in [0.3, 0.4) is 0 Å². The number of nitrogens with one attached hydrogen (secondary N) is 1. The van der Waals surface area contributed by atoms with Crippen LogP contribution in [-0.4, -0.2) is 26.0 Å². The molecule has 0 radical (unpaired) electrons. The molecule has 1 rings (SSSR count). The van der Waals surface area contributed by atoms with Gasteiger partial charge in [-0.25, -0.2) is 17.9 Å². The van der Waals surface area contributed by atoms with E-state index in [1.165, 1.54) is 12.1 Å². The number of carboxylic acids is 1. The van der Waals surface area contributed by atoms with E-state index in [0.29, 0.717) is 12.5 Å². The Balaban J connectivity index is 2.94. The predicted octanol–water partition coefficient (Wildman–Crippen LogP) is 2.61. The lowest BCUT2D eigenvalue weighted by Crippen LogP contribution is -2.30. The summed E-state index contributed by atoms with van der Waals surface area (Å²) in [6.45, 7) is 6.29. The molecule has 0 saturated heterocycles. The average molecular weight is 320 g/mol. The normalized spacial score (nSPS) is 13.4. The van der Waals surface area contributed by atoms with Gasteiger partial charge in [0.15, 0.2) is 0 Å². The molecule has 0 heterocycles. The number of halogens is 1. The minimum atomic E-state index is -3.68. The first-order chi connectivity index (χ1) is 9.15. The molecule has 0 aliphatic rings. The Morgan fingerprint density at radius 1 is 1.35 bits per heavy atom. The van der Waals surface area contributed by atoms with Crippen LogP contribution in [-0.2, 0) is 10.0 Å². The van der Waals surface area contributed by atoms with Gasteiger partial charge in [0.1, 0.15) is 0 Å². The Morgan fingerprint density at radius 3 is 2.40 bits per heavy atom. The molecule has 0 aromatic heterocycles. The third-order valence-corrected chi connectivity index (χ3v) is 4.95. The minimum absolute atomic E-state index is 0.0385. The molecule has 0 aliphatic heterocycles. The smallest absolute Gasteiger partial charge is 0.337 e. The summed E-state index contributed by atoms with van der Waals surface area (Å²) in [4.78, 5) is 10.8. The van der Waals surface area contributed by atoms with Crippen molar-refractivity contribution in [2.75, 3.05) is 6.54 Å². The monoisotopic (exact) mass is 319 g/mol. The summed E-state index contributed by atoms with van der Waals surface area (Å²) < 4.78 is 26.6. The second kappa shape index (κ2) is 6.56. The lowest BCUT2D eigenvalue weighted by Gasteiger charge is -2.16. The van der Waals surface area contributed by atoms with E-state index >= 15 is 0 Å². The number of hydrogen-bond donors (Lipinski definition) is 2. The Bertz CT molecular complexity index is 598. The molecule has 2 N–H and O–H groups in total. The fraction of sp³-hybridized carbons (Fsp3) is 0.462. The van der Waals surface area contributed by atoms with Crippen LogP contribution in [0.4, 0.5) is 0 Å². The van der Waals surface area contributed by atoms with E-state index in [9.17, 15) is 13.2 Å². The van der Waals surface area contributed by atoms with Crippen LogP contribution in [0.25, 0.3) is 0 Å². The molecular weight excluding hydrogens is 302 g/mol. The van der Waals surface area contributed by atoms with Crippen LogP contribution in [0, 0.1) is 11.8 Å². The van der Waals surface area contributed by atoms with Gasteiger partial charge < -0.3 is 5.11 Å². The van der Waals surface area contributed by atoms with E-state index < -0.39 is 16.0 Å². The summed E-state index contributed by atoms with van der Waals surface area (Å²) in [7, 11) is -3.68. The van der Waals surface area contributed by atoms with E-state index in [2.05, 4.69) is 4.72 Å². The van der Waals surface area contributed by atoms with Crippen molar-refractivity contribution in [3.05, 3.63) is 28.8 Å². The summed E-state index contributed by atoms with van der Waals surface area (Å²) >= 11 is 5.77. The fourth-order valence-corrected chi connectivity index (χ4v) is 2.89. The Morgan fingerprint density at radius 2 is 1.95 bits per heavy atom. The van der Waals surface area contributed by atoms with Crippen molar-refractivity contribution in [3.63, 3.8) is 0 Å². The molecule has 5 nitrogen and oxygen atoms in total. The molecule has 7 heteroatoms. The first kappa shape index (κ1) is 16.9. The maximum atomic E-state index is 12.1. The standard InChI is InChI=1S/C13H18ClNO4S/c1-8(2)9(3)7-15-20(18,19)10-4-5-11(13(16)17)12(14)6-10/h4-6,8-9,15H,7H2,1-3H3,(H,16,17). The highest BCUT2D eigenvalue weighted by molar-refractivity contribution is 7.89. The van der Waals surface area contributed by atoms with Crippen LogP contribution in [0.5, 0.6) is 0 Å². The van der Waals surface area contributed by atoms with Gasteiger partial charge in [0.25, 0.3) is 0 Å². The number of carboxylic acid groups (broad SMARTS) is 1. The van der Waals surface area contributed by atoms with Crippen LogP contribution < -0.4 is 4.72 Å². The molecule has 20 heavy (non-hydrogen) atoms. The number of benzene rings is 1. The number of rotatable bonds is 6. The van der Waals surface area contributed by atoms with Gasteiger partial charge in [0.05, 0.1) is 15.5 Å². The number of aromatic carboxylic acids is 1. The fourth-order valence-electron chi connectivity index (χ4n) is 1.40. The van der Waals surface area contributed by atoms with Crippen molar-refractivity contribution >= 4 is 27.6 Å². The molecule has 1 unspecified atom stereocenters. The van der Waals surface area contributed by atoms with Crippen LogP contribution in [0.1, 0.15) is 31.1 Å². The third kappa shape index (κ3) is 4.19. The molecule has 1 aromatic carbocycles. The molecule has 0 aliphatic carbocycles. The molecular formula is C13H18ClNO4S. The minimum Gasteiger partial charge on any atom is -0.478 e. The highest BCUT2D eigenvalue weighted by Gasteiger charge is 2.19. The average Bonchev–Trinajstić information content (AvgIpc) is 2.35. The molecule has 0 amide bonds. The second-order valence-corrected chi connectivity index (χ2v) is 7.19. The summed E-state index contributed by atoms with van der Waals surface area (Å²) in [6.07, 6.45) is 0. The van der Waals surface area contributed by atoms with Gasteiger partial charge in [-0.1, -0.05) is 32.4 Å². The summed E-state index contributed by atoms with van der Waals surface area (Å²) in [6, 6.07) is 3.57. The van der Waals surface area contributed by atoms with E-state index in [4.69, 9.17) is 16.7 Å². The molecule has 1 aromatic rings. The third-order valence-electron chi connectivity index (χ3n) is 3.21. The van der Waals surface area contributed by atoms with Crippen LogP contribution >= 0.6 is 11.6 Å². The SMILES string of the molecule is CC(C)C(C)CNS(=O)(=O)c1ccc(C(=O)O)c(Cl)c1. The van der Waals surface area contributed by atoms with Gasteiger partial charge in [-0.3, -0.25) is 0 Å². The molecule has 0 fully saturated rings. The Kier molecular flexibility index (Phi) is 5.56. The van der Waals surface area contributed by atoms with Crippen molar-refractivity contribution in [1.29, 1.82) is 0 Å². The van der Waals surface area contributed by atoms with Gasteiger partial charge in [-0.05, 0) is 30.0 Å². The quantitative estimate of drug-likeness (QED) is 0.844. The zero-order valence-corrected chi connectivity index (χ0v) is 13.1. The number of hydrogen-bond acceptors (Lipinski definition) is 3. The van der Waals surface area contributed by atoms with Gasteiger partial charge in [-0.15, -0.1) is 0 Å². The number of carbonyl (C=O) groups is 1. The van der Waals surface area contributed by atoms with Crippen molar-refractivity contribution in [2.24, 2.45) is 11.8 Å². The zero-order valence-electron chi connectivity index (χ0n) is 11.6. The van der Waals surface area contributed by atoms with E-state index in [1.54, 1.807) is 0 Å². The molecule has 0 saturated carbocycles.